The second-order valence-electron chi connectivity index (χ2n) is 10.7. The van der Waals surface area contributed by atoms with Crippen molar-refractivity contribution >= 4 is 47.7 Å². The number of halogens is 1. The van der Waals surface area contributed by atoms with Crippen molar-refractivity contribution in [3.05, 3.63) is 47.9 Å². The molecule has 4 aromatic rings. The van der Waals surface area contributed by atoms with Crippen LogP contribution in [0.15, 0.2) is 42.7 Å². The maximum atomic E-state index is 12.5. The highest BCUT2D eigenvalue weighted by molar-refractivity contribution is 6.76. The SMILES string of the molecule is CC(C)(C)OC(=O)n1ncc2cc(-c3cn(COCC[Si](C)(C)C)c4nc(Cl)ccc34)ccc21. The lowest BCUT2D eigenvalue weighted by molar-refractivity contribution is 0.0522. The highest BCUT2D eigenvalue weighted by Gasteiger charge is 2.21. The van der Waals surface area contributed by atoms with Gasteiger partial charge in [-0.05, 0) is 56.6 Å². The molecule has 0 saturated carbocycles. The second-order valence-corrected chi connectivity index (χ2v) is 16.7. The lowest BCUT2D eigenvalue weighted by atomic mass is 10.0. The number of hydrogen-bond donors (Lipinski definition) is 0. The van der Waals surface area contributed by atoms with Gasteiger partial charge < -0.3 is 14.0 Å². The minimum absolute atomic E-state index is 0.410. The number of benzene rings is 1. The molecule has 0 aliphatic carbocycles. The fraction of sp³-hybridized carbons (Fsp3) is 0.400. The summed E-state index contributed by atoms with van der Waals surface area (Å²) in [5, 5.41) is 6.52. The molecule has 0 spiro atoms. The first-order valence-corrected chi connectivity index (χ1v) is 15.4. The first kappa shape index (κ1) is 24.4. The van der Waals surface area contributed by atoms with Crippen molar-refractivity contribution in [2.24, 2.45) is 0 Å². The van der Waals surface area contributed by atoms with Crippen LogP contribution < -0.4 is 0 Å². The number of fused-ring (bicyclic) bond motifs is 2. The summed E-state index contributed by atoms with van der Waals surface area (Å²) in [6, 6.07) is 10.8. The largest absolute Gasteiger partial charge is 0.442 e. The molecule has 3 aromatic heterocycles. The fourth-order valence-electron chi connectivity index (χ4n) is 3.66. The molecule has 0 unspecified atom stereocenters. The lowest BCUT2D eigenvalue weighted by Crippen LogP contribution is -2.27. The molecule has 3 heterocycles. The van der Waals surface area contributed by atoms with Gasteiger partial charge in [-0.25, -0.2) is 9.78 Å². The molecule has 9 heteroatoms. The molecule has 7 nitrogen and oxygen atoms in total. The minimum Gasteiger partial charge on any atom is -0.442 e. The van der Waals surface area contributed by atoms with Gasteiger partial charge in [0, 0.05) is 37.2 Å². The number of nitrogens with zero attached hydrogens (tertiary/aromatic N) is 4. The predicted molar refractivity (Wildman–Crippen MR) is 139 cm³/mol. The van der Waals surface area contributed by atoms with E-state index in [4.69, 9.17) is 21.1 Å². The van der Waals surface area contributed by atoms with Gasteiger partial charge in [-0.1, -0.05) is 37.3 Å². The van der Waals surface area contributed by atoms with Crippen LogP contribution >= 0.6 is 11.6 Å². The Kier molecular flexibility index (Phi) is 6.59. The van der Waals surface area contributed by atoms with Crippen LogP contribution in [-0.4, -0.2) is 45.7 Å². The summed E-state index contributed by atoms with van der Waals surface area (Å²) >= 11 is 6.21. The quantitative estimate of drug-likeness (QED) is 0.166. The highest BCUT2D eigenvalue weighted by Crippen LogP contribution is 2.33. The Hall–Kier alpha value is -2.68. The van der Waals surface area contributed by atoms with Gasteiger partial charge in [-0.15, -0.1) is 0 Å². The van der Waals surface area contributed by atoms with Gasteiger partial charge >= 0.3 is 6.09 Å². The third-order valence-corrected chi connectivity index (χ3v) is 7.28. The summed E-state index contributed by atoms with van der Waals surface area (Å²) in [4.78, 5) is 17.1. The second kappa shape index (κ2) is 9.17. The summed E-state index contributed by atoms with van der Waals surface area (Å²) in [7, 11) is -1.16. The molecular formula is C25H31ClN4O3Si. The molecular weight excluding hydrogens is 468 g/mol. The average Bonchev–Trinajstić information content (AvgIpc) is 3.30. The van der Waals surface area contributed by atoms with Gasteiger partial charge in [0.05, 0.1) is 11.7 Å². The molecule has 0 aliphatic heterocycles. The molecule has 0 amide bonds. The van der Waals surface area contributed by atoms with Gasteiger partial charge in [-0.3, -0.25) is 0 Å². The molecule has 180 valence electrons. The molecule has 0 N–H and O–H groups in total. The van der Waals surface area contributed by atoms with Crippen molar-refractivity contribution in [2.45, 2.75) is 58.8 Å². The molecule has 0 fully saturated rings. The summed E-state index contributed by atoms with van der Waals surface area (Å²) in [5.41, 5.74) is 2.88. The van der Waals surface area contributed by atoms with Crippen molar-refractivity contribution < 1.29 is 14.3 Å². The number of carbonyl (C=O) groups excluding carboxylic acids is 1. The van der Waals surface area contributed by atoms with E-state index in [0.29, 0.717) is 17.4 Å². The zero-order chi connectivity index (χ0) is 24.7. The topological polar surface area (TPSA) is 71.2 Å². The van der Waals surface area contributed by atoms with Crippen LogP contribution in [0.3, 0.4) is 0 Å². The Morgan fingerprint density at radius 3 is 2.62 bits per heavy atom. The van der Waals surface area contributed by atoms with E-state index in [1.54, 1.807) is 12.3 Å². The van der Waals surface area contributed by atoms with E-state index in [1.807, 2.05) is 55.8 Å². The molecule has 0 radical (unpaired) electrons. The van der Waals surface area contributed by atoms with Crippen LogP contribution in [-0.2, 0) is 16.2 Å². The molecule has 34 heavy (non-hydrogen) atoms. The van der Waals surface area contributed by atoms with Crippen molar-refractivity contribution in [1.82, 2.24) is 19.3 Å². The number of hydrogen-bond acceptors (Lipinski definition) is 5. The van der Waals surface area contributed by atoms with Gasteiger partial charge in [0.2, 0.25) is 0 Å². The van der Waals surface area contributed by atoms with Gasteiger partial charge in [-0.2, -0.15) is 9.78 Å². The van der Waals surface area contributed by atoms with Crippen LogP contribution in [0, 0.1) is 0 Å². The fourth-order valence-corrected chi connectivity index (χ4v) is 4.56. The van der Waals surface area contributed by atoms with E-state index in [2.05, 4.69) is 29.7 Å². The lowest BCUT2D eigenvalue weighted by Gasteiger charge is -2.19. The van der Waals surface area contributed by atoms with Gasteiger partial charge in [0.1, 0.15) is 23.1 Å². The summed E-state index contributed by atoms with van der Waals surface area (Å²) in [5.74, 6) is 0. The third kappa shape index (κ3) is 5.51. The van der Waals surface area contributed by atoms with E-state index >= 15 is 0 Å². The molecule has 4 rings (SSSR count). The van der Waals surface area contributed by atoms with Gasteiger partial charge in [0.25, 0.3) is 0 Å². The van der Waals surface area contributed by atoms with E-state index < -0.39 is 19.8 Å². The minimum atomic E-state index is -1.16. The maximum absolute atomic E-state index is 12.5. The van der Waals surface area contributed by atoms with E-state index in [0.717, 1.165) is 40.2 Å². The van der Waals surface area contributed by atoms with Crippen molar-refractivity contribution in [2.75, 3.05) is 6.61 Å². The Labute approximate surface area is 205 Å². The summed E-state index contributed by atoms with van der Waals surface area (Å²) in [6.45, 7) is 13.6. The van der Waals surface area contributed by atoms with Crippen molar-refractivity contribution in [1.29, 1.82) is 0 Å². The zero-order valence-electron chi connectivity index (χ0n) is 20.6. The smallest absolute Gasteiger partial charge is 0.435 e. The number of aromatic nitrogens is 4. The van der Waals surface area contributed by atoms with Crippen molar-refractivity contribution in [3.8, 4) is 11.1 Å². The predicted octanol–water partition coefficient (Wildman–Crippen LogP) is 6.80. The summed E-state index contributed by atoms with van der Waals surface area (Å²) < 4.78 is 14.7. The average molecular weight is 499 g/mol. The highest BCUT2D eigenvalue weighted by atomic mass is 35.5. The maximum Gasteiger partial charge on any atom is 0.435 e. The van der Waals surface area contributed by atoms with Crippen LogP contribution in [0.25, 0.3) is 33.1 Å². The van der Waals surface area contributed by atoms with Crippen LogP contribution in [0.4, 0.5) is 4.79 Å². The molecule has 0 saturated heterocycles. The first-order valence-electron chi connectivity index (χ1n) is 11.4. The van der Waals surface area contributed by atoms with Crippen LogP contribution in [0.1, 0.15) is 20.8 Å². The Balaban J connectivity index is 1.66. The van der Waals surface area contributed by atoms with Gasteiger partial charge in [0.15, 0.2) is 0 Å². The molecule has 0 atom stereocenters. The Morgan fingerprint density at radius 1 is 1.15 bits per heavy atom. The zero-order valence-corrected chi connectivity index (χ0v) is 22.3. The molecule has 0 bridgehead atoms. The van der Waals surface area contributed by atoms with E-state index in [1.165, 1.54) is 4.68 Å². The standard InChI is InChI=1S/C25H31ClN4O3Si/c1-25(2,3)33-24(31)30-21-9-7-17(13-18(21)14-27-30)20-15-29(16-32-11-12-34(4,5)6)23-19(20)8-10-22(26)28-23/h7-10,13-15H,11-12,16H2,1-6H3. The van der Waals surface area contributed by atoms with E-state index in [-0.39, 0.29) is 0 Å². The first-order chi connectivity index (χ1) is 15.9. The monoisotopic (exact) mass is 498 g/mol. The number of rotatable bonds is 6. The number of carbonyl (C=O) groups is 1. The normalized spacial score (nSPS) is 12.6. The number of pyridine rings is 1. The Bertz CT molecular complexity index is 1350. The third-order valence-electron chi connectivity index (χ3n) is 5.36. The molecule has 0 aliphatic rings. The van der Waals surface area contributed by atoms with Crippen molar-refractivity contribution in [3.63, 3.8) is 0 Å². The Morgan fingerprint density at radius 2 is 1.91 bits per heavy atom. The summed E-state index contributed by atoms with van der Waals surface area (Å²) in [6.07, 6.45) is 3.22. The van der Waals surface area contributed by atoms with Crippen LogP contribution in [0.5, 0.6) is 0 Å². The van der Waals surface area contributed by atoms with E-state index in [9.17, 15) is 4.79 Å². The molecule has 1 aromatic carbocycles. The number of ether oxygens (including phenoxy) is 2. The van der Waals surface area contributed by atoms with Crippen LogP contribution in [0.2, 0.25) is 30.8 Å².